The zero-order chi connectivity index (χ0) is 21.7. The molecule has 3 rings (SSSR count). The SMILES string of the molecule is CCOc1ccc(NC(=O)CNC(=O)c2c(-c3c(Cl)cccc3Cl)noc2C)cc1. The van der Waals surface area contributed by atoms with Crippen LogP contribution in [0.5, 0.6) is 5.75 Å². The predicted molar refractivity (Wildman–Crippen MR) is 115 cm³/mol. The first kappa shape index (κ1) is 21.7. The second-order valence-corrected chi connectivity index (χ2v) is 7.06. The average molecular weight is 448 g/mol. The zero-order valence-electron chi connectivity index (χ0n) is 16.3. The lowest BCUT2D eigenvalue weighted by Crippen LogP contribution is -2.33. The highest BCUT2D eigenvalue weighted by Crippen LogP contribution is 2.36. The number of aromatic nitrogens is 1. The summed E-state index contributed by atoms with van der Waals surface area (Å²) in [5.41, 5.74) is 1.36. The van der Waals surface area contributed by atoms with Crippen molar-refractivity contribution in [3.63, 3.8) is 0 Å². The number of hydrogen-bond acceptors (Lipinski definition) is 5. The van der Waals surface area contributed by atoms with Crippen LogP contribution in [0.15, 0.2) is 47.0 Å². The summed E-state index contributed by atoms with van der Waals surface area (Å²) in [6, 6.07) is 11.9. The highest BCUT2D eigenvalue weighted by Gasteiger charge is 2.25. The van der Waals surface area contributed by atoms with Gasteiger partial charge in [0.05, 0.1) is 23.2 Å². The lowest BCUT2D eigenvalue weighted by Gasteiger charge is -2.09. The van der Waals surface area contributed by atoms with E-state index in [-0.39, 0.29) is 29.5 Å². The lowest BCUT2D eigenvalue weighted by atomic mass is 10.1. The Balaban J connectivity index is 1.68. The standard InChI is InChI=1S/C21H19Cl2N3O4/c1-3-29-14-9-7-13(8-10-14)25-17(27)11-24-21(28)18-12(2)30-26-20(18)19-15(22)5-4-6-16(19)23/h4-10H,3,11H2,1-2H3,(H,24,28)(H,25,27). The van der Waals surface area contributed by atoms with Crippen molar-refractivity contribution in [2.45, 2.75) is 13.8 Å². The Bertz CT molecular complexity index is 1040. The molecule has 0 saturated heterocycles. The first-order chi connectivity index (χ1) is 14.4. The highest BCUT2D eigenvalue weighted by molar-refractivity contribution is 6.39. The van der Waals surface area contributed by atoms with Gasteiger partial charge in [-0.2, -0.15) is 0 Å². The molecule has 2 N–H and O–H groups in total. The molecule has 0 spiro atoms. The van der Waals surface area contributed by atoms with Crippen LogP contribution in [0.3, 0.4) is 0 Å². The van der Waals surface area contributed by atoms with Crippen molar-refractivity contribution in [3.05, 3.63) is 63.8 Å². The van der Waals surface area contributed by atoms with Gasteiger partial charge in [-0.05, 0) is 50.2 Å². The van der Waals surface area contributed by atoms with Gasteiger partial charge in [0.2, 0.25) is 5.91 Å². The third-order valence-corrected chi connectivity index (χ3v) is 4.78. The monoisotopic (exact) mass is 447 g/mol. The molecule has 0 unspecified atom stereocenters. The maximum atomic E-state index is 12.7. The molecule has 9 heteroatoms. The summed E-state index contributed by atoms with van der Waals surface area (Å²) in [6.45, 7) is 3.80. The fourth-order valence-electron chi connectivity index (χ4n) is 2.79. The first-order valence-electron chi connectivity index (χ1n) is 9.12. The van der Waals surface area contributed by atoms with E-state index in [0.29, 0.717) is 33.7 Å². The Morgan fingerprint density at radius 1 is 1.10 bits per heavy atom. The Kier molecular flexibility index (Phi) is 6.97. The van der Waals surface area contributed by atoms with E-state index in [1.54, 1.807) is 49.4 Å². The molecule has 2 amide bonds. The average Bonchev–Trinajstić information content (AvgIpc) is 3.09. The molecule has 3 aromatic rings. The van der Waals surface area contributed by atoms with E-state index in [9.17, 15) is 9.59 Å². The summed E-state index contributed by atoms with van der Waals surface area (Å²) < 4.78 is 10.5. The van der Waals surface area contributed by atoms with Gasteiger partial charge in [0, 0.05) is 11.3 Å². The van der Waals surface area contributed by atoms with Crippen molar-refractivity contribution >= 4 is 40.7 Å². The fourth-order valence-corrected chi connectivity index (χ4v) is 3.37. The number of carbonyl (C=O) groups excluding carboxylic acids is 2. The topological polar surface area (TPSA) is 93.5 Å². The molecule has 30 heavy (non-hydrogen) atoms. The van der Waals surface area contributed by atoms with Crippen LogP contribution in [0.1, 0.15) is 23.0 Å². The van der Waals surface area contributed by atoms with E-state index < -0.39 is 5.91 Å². The third kappa shape index (κ3) is 4.93. The summed E-state index contributed by atoms with van der Waals surface area (Å²) in [5.74, 6) is 0.0726. The van der Waals surface area contributed by atoms with Crippen molar-refractivity contribution < 1.29 is 18.8 Å². The van der Waals surface area contributed by atoms with Crippen LogP contribution in [0, 0.1) is 6.92 Å². The predicted octanol–water partition coefficient (Wildman–Crippen LogP) is 4.72. The molecule has 0 aliphatic heterocycles. The van der Waals surface area contributed by atoms with Crippen LogP contribution < -0.4 is 15.4 Å². The van der Waals surface area contributed by atoms with Crippen LogP contribution in [0.2, 0.25) is 10.0 Å². The molecule has 7 nitrogen and oxygen atoms in total. The maximum absolute atomic E-state index is 12.7. The van der Waals surface area contributed by atoms with Crippen LogP contribution in [0.25, 0.3) is 11.3 Å². The van der Waals surface area contributed by atoms with Crippen molar-refractivity contribution in [1.82, 2.24) is 10.5 Å². The first-order valence-corrected chi connectivity index (χ1v) is 9.87. The second-order valence-electron chi connectivity index (χ2n) is 6.25. The zero-order valence-corrected chi connectivity index (χ0v) is 17.8. The lowest BCUT2D eigenvalue weighted by molar-refractivity contribution is -0.115. The maximum Gasteiger partial charge on any atom is 0.257 e. The molecule has 1 heterocycles. The van der Waals surface area contributed by atoms with E-state index in [2.05, 4.69) is 15.8 Å². The van der Waals surface area contributed by atoms with Gasteiger partial charge in [-0.1, -0.05) is 34.4 Å². The Morgan fingerprint density at radius 2 is 1.77 bits per heavy atom. The van der Waals surface area contributed by atoms with E-state index >= 15 is 0 Å². The van der Waals surface area contributed by atoms with Gasteiger partial charge >= 0.3 is 0 Å². The van der Waals surface area contributed by atoms with Crippen molar-refractivity contribution in [2.24, 2.45) is 0 Å². The van der Waals surface area contributed by atoms with Gasteiger partial charge in [-0.3, -0.25) is 9.59 Å². The van der Waals surface area contributed by atoms with E-state index in [1.165, 1.54) is 0 Å². The second kappa shape index (κ2) is 9.65. The highest BCUT2D eigenvalue weighted by atomic mass is 35.5. The fraction of sp³-hybridized carbons (Fsp3) is 0.190. The minimum absolute atomic E-state index is 0.166. The largest absolute Gasteiger partial charge is 0.494 e. The number of rotatable bonds is 7. The Labute approximate surface area is 183 Å². The molecule has 1 aromatic heterocycles. The smallest absolute Gasteiger partial charge is 0.257 e. The van der Waals surface area contributed by atoms with Gasteiger partial charge in [-0.25, -0.2) is 0 Å². The van der Waals surface area contributed by atoms with Crippen LogP contribution in [-0.2, 0) is 4.79 Å². The third-order valence-electron chi connectivity index (χ3n) is 4.15. The van der Waals surface area contributed by atoms with E-state index in [0.717, 1.165) is 0 Å². The number of aryl methyl sites for hydroxylation is 1. The van der Waals surface area contributed by atoms with Crippen LogP contribution in [0.4, 0.5) is 5.69 Å². The molecule has 0 bridgehead atoms. The number of benzene rings is 2. The van der Waals surface area contributed by atoms with Gasteiger partial charge in [0.15, 0.2) is 0 Å². The molecule has 2 aromatic carbocycles. The van der Waals surface area contributed by atoms with E-state index in [1.807, 2.05) is 6.92 Å². The summed E-state index contributed by atoms with van der Waals surface area (Å²) in [6.07, 6.45) is 0. The molecule has 0 fully saturated rings. The Morgan fingerprint density at radius 3 is 2.40 bits per heavy atom. The van der Waals surface area contributed by atoms with E-state index in [4.69, 9.17) is 32.5 Å². The molecule has 0 saturated carbocycles. The van der Waals surface area contributed by atoms with Crippen molar-refractivity contribution in [3.8, 4) is 17.0 Å². The number of ether oxygens (including phenoxy) is 1. The minimum Gasteiger partial charge on any atom is -0.494 e. The van der Waals surface area contributed by atoms with Gasteiger partial charge in [0.1, 0.15) is 22.8 Å². The number of hydrogen-bond donors (Lipinski definition) is 2. The summed E-state index contributed by atoms with van der Waals surface area (Å²) >= 11 is 12.5. The normalized spacial score (nSPS) is 10.5. The molecule has 0 aliphatic carbocycles. The van der Waals surface area contributed by atoms with Gasteiger partial charge < -0.3 is 19.9 Å². The molecule has 0 atom stereocenters. The number of anilines is 1. The van der Waals surface area contributed by atoms with Crippen LogP contribution >= 0.6 is 23.2 Å². The Hall–Kier alpha value is -3.03. The molecule has 0 aliphatic rings. The molecule has 0 radical (unpaired) electrons. The van der Waals surface area contributed by atoms with Gasteiger partial charge in [0.25, 0.3) is 5.91 Å². The molecular weight excluding hydrogens is 429 g/mol. The quantitative estimate of drug-likeness (QED) is 0.546. The summed E-state index contributed by atoms with van der Waals surface area (Å²) in [4.78, 5) is 24.9. The number of carbonyl (C=O) groups is 2. The van der Waals surface area contributed by atoms with Crippen LogP contribution in [-0.4, -0.2) is 30.1 Å². The molecule has 156 valence electrons. The minimum atomic E-state index is -0.526. The number of halogens is 2. The summed E-state index contributed by atoms with van der Waals surface area (Å²) in [5, 5.41) is 9.86. The van der Waals surface area contributed by atoms with Crippen molar-refractivity contribution in [1.29, 1.82) is 0 Å². The number of nitrogens with one attached hydrogen (secondary N) is 2. The number of nitrogens with zero attached hydrogens (tertiary/aromatic N) is 1. The van der Waals surface area contributed by atoms with Crippen molar-refractivity contribution in [2.75, 3.05) is 18.5 Å². The number of amides is 2. The summed E-state index contributed by atoms with van der Waals surface area (Å²) in [7, 11) is 0. The molecular formula is C21H19Cl2N3O4. The van der Waals surface area contributed by atoms with Gasteiger partial charge in [-0.15, -0.1) is 0 Å².